The molecule has 2 heterocycles. The Morgan fingerprint density at radius 3 is 2.75 bits per heavy atom. The second-order valence-corrected chi connectivity index (χ2v) is 4.82. The van der Waals surface area contributed by atoms with E-state index in [9.17, 15) is 4.79 Å². The molecule has 0 aliphatic carbocycles. The summed E-state index contributed by atoms with van der Waals surface area (Å²) >= 11 is 0. The molecule has 16 heavy (non-hydrogen) atoms. The van der Waals surface area contributed by atoms with Crippen LogP contribution in [0.15, 0.2) is 11.1 Å². The van der Waals surface area contributed by atoms with Crippen molar-refractivity contribution in [3.8, 4) is 0 Å². The average molecular weight is 221 g/mol. The van der Waals surface area contributed by atoms with Gasteiger partial charge in [0.05, 0.1) is 6.33 Å². The van der Waals surface area contributed by atoms with Crippen molar-refractivity contribution in [1.82, 2.24) is 19.5 Å². The van der Waals surface area contributed by atoms with Crippen LogP contribution in [0.1, 0.15) is 20.8 Å². The van der Waals surface area contributed by atoms with Crippen molar-refractivity contribution in [1.29, 1.82) is 0 Å². The molecule has 0 amide bonds. The number of fused-ring (bicyclic) bond motifs is 1. The summed E-state index contributed by atoms with van der Waals surface area (Å²) in [5.41, 5.74) is 0.604. The molecule has 0 aliphatic rings. The van der Waals surface area contributed by atoms with Crippen molar-refractivity contribution in [2.75, 3.05) is 5.32 Å². The second-order valence-electron chi connectivity index (χ2n) is 4.82. The van der Waals surface area contributed by atoms with E-state index in [0.717, 1.165) is 0 Å². The average Bonchev–Trinajstić information content (AvgIpc) is 2.44. The Kier molecular flexibility index (Phi) is 2.22. The molecule has 2 rings (SSSR count). The summed E-state index contributed by atoms with van der Waals surface area (Å²) in [7, 11) is 1.77. The van der Waals surface area contributed by atoms with E-state index in [1.807, 2.05) is 20.8 Å². The first-order valence-corrected chi connectivity index (χ1v) is 5.06. The monoisotopic (exact) mass is 221 g/mol. The fraction of sp³-hybridized carbons (Fsp3) is 0.500. The van der Waals surface area contributed by atoms with Crippen LogP contribution in [0.2, 0.25) is 0 Å². The second kappa shape index (κ2) is 3.33. The minimum Gasteiger partial charge on any atom is -0.351 e. The Morgan fingerprint density at radius 2 is 2.12 bits per heavy atom. The van der Waals surface area contributed by atoms with Gasteiger partial charge in [-0.1, -0.05) is 0 Å². The van der Waals surface area contributed by atoms with Crippen molar-refractivity contribution in [3.63, 3.8) is 0 Å². The fourth-order valence-electron chi connectivity index (χ4n) is 1.48. The number of rotatable bonds is 1. The van der Waals surface area contributed by atoms with Crippen LogP contribution in [-0.2, 0) is 7.05 Å². The van der Waals surface area contributed by atoms with Gasteiger partial charge in [0.25, 0.3) is 5.56 Å². The van der Waals surface area contributed by atoms with Crippen molar-refractivity contribution in [2.45, 2.75) is 26.3 Å². The van der Waals surface area contributed by atoms with Gasteiger partial charge >= 0.3 is 0 Å². The Balaban J connectivity index is 2.55. The van der Waals surface area contributed by atoms with E-state index in [1.165, 1.54) is 0 Å². The number of aryl methyl sites for hydroxylation is 1. The first-order valence-electron chi connectivity index (χ1n) is 5.06. The highest BCUT2D eigenvalue weighted by molar-refractivity contribution is 5.70. The molecule has 0 fully saturated rings. The van der Waals surface area contributed by atoms with Gasteiger partial charge in [0.15, 0.2) is 11.2 Å². The van der Waals surface area contributed by atoms with E-state index in [4.69, 9.17) is 0 Å². The number of H-pyrrole nitrogens is 1. The molecule has 0 spiro atoms. The van der Waals surface area contributed by atoms with Crippen molar-refractivity contribution >= 4 is 17.1 Å². The molecule has 6 heteroatoms. The zero-order chi connectivity index (χ0) is 11.9. The number of hydrogen-bond donors (Lipinski definition) is 2. The van der Waals surface area contributed by atoms with Gasteiger partial charge in [-0.25, -0.2) is 4.98 Å². The number of hydrogen-bond acceptors (Lipinski definition) is 4. The third kappa shape index (κ3) is 1.91. The summed E-state index contributed by atoms with van der Waals surface area (Å²) in [5.74, 6) is 0.448. The number of anilines is 1. The van der Waals surface area contributed by atoms with Crippen LogP contribution < -0.4 is 10.9 Å². The van der Waals surface area contributed by atoms with Crippen LogP contribution >= 0.6 is 0 Å². The fourth-order valence-corrected chi connectivity index (χ4v) is 1.48. The van der Waals surface area contributed by atoms with Crippen LogP contribution in [-0.4, -0.2) is 25.1 Å². The van der Waals surface area contributed by atoms with Crippen LogP contribution in [0.4, 0.5) is 5.95 Å². The van der Waals surface area contributed by atoms with Crippen LogP contribution in [0, 0.1) is 0 Å². The number of nitrogens with one attached hydrogen (secondary N) is 2. The molecule has 0 aliphatic heterocycles. The summed E-state index contributed by atoms with van der Waals surface area (Å²) in [4.78, 5) is 22.8. The largest absolute Gasteiger partial charge is 0.351 e. The number of nitrogens with zero attached hydrogens (tertiary/aromatic N) is 3. The smallest absolute Gasteiger partial charge is 0.278 e. The summed E-state index contributed by atoms with van der Waals surface area (Å²) in [5, 5.41) is 3.11. The SMILES string of the molecule is Cn1cnc2nc(NC(C)(C)C)[nH]c(=O)c21. The molecule has 2 N–H and O–H groups in total. The van der Waals surface area contributed by atoms with Gasteiger partial charge in [-0.05, 0) is 20.8 Å². The lowest BCUT2D eigenvalue weighted by Crippen LogP contribution is -2.29. The van der Waals surface area contributed by atoms with E-state index >= 15 is 0 Å². The highest BCUT2D eigenvalue weighted by Gasteiger charge is 2.13. The molecular formula is C10H15N5O. The third-order valence-electron chi connectivity index (χ3n) is 2.08. The zero-order valence-corrected chi connectivity index (χ0v) is 9.83. The highest BCUT2D eigenvalue weighted by Crippen LogP contribution is 2.10. The molecule has 0 saturated heterocycles. The minimum atomic E-state index is -0.184. The Hall–Kier alpha value is -1.85. The molecule has 2 aromatic rings. The molecule has 86 valence electrons. The number of aromatic nitrogens is 4. The van der Waals surface area contributed by atoms with Crippen molar-refractivity contribution in [3.05, 3.63) is 16.7 Å². The summed E-state index contributed by atoms with van der Waals surface area (Å²) in [6.07, 6.45) is 1.58. The maximum atomic E-state index is 11.8. The standard InChI is InChI=1S/C10H15N5O/c1-10(2,3)14-9-12-7-6(8(16)13-9)15(4)5-11-7/h5H,1-4H3,(H2,12,13,14,16). The van der Waals surface area contributed by atoms with E-state index in [0.29, 0.717) is 17.1 Å². The molecule has 0 atom stereocenters. The van der Waals surface area contributed by atoms with Gasteiger partial charge in [-0.2, -0.15) is 4.98 Å². The predicted molar refractivity (Wildman–Crippen MR) is 62.5 cm³/mol. The molecule has 0 bridgehead atoms. The number of imidazole rings is 1. The Bertz CT molecular complexity index is 575. The molecule has 0 saturated carbocycles. The van der Waals surface area contributed by atoms with Gasteiger partial charge in [0.2, 0.25) is 5.95 Å². The predicted octanol–water partition coefficient (Wildman–Crippen LogP) is 0.867. The summed E-state index contributed by atoms with van der Waals surface area (Å²) in [6, 6.07) is 0. The van der Waals surface area contributed by atoms with Gasteiger partial charge in [-0.3, -0.25) is 9.78 Å². The Morgan fingerprint density at radius 1 is 1.44 bits per heavy atom. The van der Waals surface area contributed by atoms with E-state index in [-0.39, 0.29) is 11.1 Å². The van der Waals surface area contributed by atoms with E-state index in [1.54, 1.807) is 17.9 Å². The van der Waals surface area contributed by atoms with E-state index < -0.39 is 0 Å². The Labute approximate surface area is 92.7 Å². The summed E-state index contributed by atoms with van der Waals surface area (Å²) < 4.78 is 1.65. The van der Waals surface area contributed by atoms with Crippen LogP contribution in [0.25, 0.3) is 11.2 Å². The molecular weight excluding hydrogens is 206 g/mol. The lowest BCUT2D eigenvalue weighted by molar-refractivity contribution is 0.626. The first-order chi connectivity index (χ1) is 7.37. The molecule has 6 nitrogen and oxygen atoms in total. The van der Waals surface area contributed by atoms with Gasteiger partial charge < -0.3 is 9.88 Å². The maximum absolute atomic E-state index is 11.8. The topological polar surface area (TPSA) is 75.6 Å². The molecule has 0 aromatic carbocycles. The van der Waals surface area contributed by atoms with Crippen molar-refractivity contribution in [2.24, 2.45) is 7.05 Å². The lowest BCUT2D eigenvalue weighted by Gasteiger charge is -2.20. The molecule has 2 aromatic heterocycles. The maximum Gasteiger partial charge on any atom is 0.278 e. The quantitative estimate of drug-likeness (QED) is 0.749. The van der Waals surface area contributed by atoms with Gasteiger partial charge in [0, 0.05) is 12.6 Å². The zero-order valence-electron chi connectivity index (χ0n) is 9.83. The van der Waals surface area contributed by atoms with Crippen LogP contribution in [0.3, 0.4) is 0 Å². The van der Waals surface area contributed by atoms with Crippen LogP contribution in [0.5, 0.6) is 0 Å². The summed E-state index contributed by atoms with van der Waals surface area (Å²) in [6.45, 7) is 5.99. The highest BCUT2D eigenvalue weighted by atomic mass is 16.1. The van der Waals surface area contributed by atoms with E-state index in [2.05, 4.69) is 20.3 Å². The van der Waals surface area contributed by atoms with Gasteiger partial charge in [-0.15, -0.1) is 0 Å². The van der Waals surface area contributed by atoms with Gasteiger partial charge in [0.1, 0.15) is 0 Å². The lowest BCUT2D eigenvalue weighted by atomic mass is 10.1. The normalized spacial score (nSPS) is 12.0. The first kappa shape index (κ1) is 10.7. The number of aromatic amines is 1. The third-order valence-corrected chi connectivity index (χ3v) is 2.08. The molecule has 0 unspecified atom stereocenters. The molecule has 0 radical (unpaired) electrons. The van der Waals surface area contributed by atoms with Crippen molar-refractivity contribution < 1.29 is 0 Å². The minimum absolute atomic E-state index is 0.154.